The number of carbonyl (C=O) groups excluding carboxylic acids is 3. The summed E-state index contributed by atoms with van der Waals surface area (Å²) < 4.78 is 0. The van der Waals surface area contributed by atoms with Gasteiger partial charge in [0.25, 0.3) is 0 Å². The molecule has 3 amide bonds. The number of aromatic nitrogens is 1. The monoisotopic (exact) mass is 519 g/mol. The summed E-state index contributed by atoms with van der Waals surface area (Å²) in [5.41, 5.74) is 7.72. The average Bonchev–Trinajstić information content (AvgIpc) is 3.23. The second kappa shape index (κ2) is 13.9. The highest BCUT2D eigenvalue weighted by atomic mass is 32.2. The summed E-state index contributed by atoms with van der Waals surface area (Å²) in [6.07, 6.45) is 4.59. The molecular weight excluding hydrogens is 482 g/mol. The van der Waals surface area contributed by atoms with Crippen molar-refractivity contribution in [2.45, 2.75) is 64.2 Å². The average molecular weight is 520 g/mol. The fourth-order valence-electron chi connectivity index (χ4n) is 3.75. The van der Waals surface area contributed by atoms with Crippen molar-refractivity contribution in [3.8, 4) is 0 Å². The molecule has 7 N–H and O–H groups in total. The number of fused-ring (bicyclic) bond motifs is 1. The molecule has 2 aromatic rings. The predicted molar refractivity (Wildman–Crippen MR) is 142 cm³/mol. The number of amides is 3. The number of nitrogens with two attached hydrogens (primary N) is 1. The molecule has 4 atom stereocenters. The summed E-state index contributed by atoms with van der Waals surface area (Å²) >= 11 is 1.57. The molecule has 198 valence electrons. The molecule has 2 rings (SSSR count). The van der Waals surface area contributed by atoms with Crippen LogP contribution in [0.25, 0.3) is 10.9 Å². The van der Waals surface area contributed by atoms with E-state index in [0.717, 1.165) is 16.5 Å². The number of benzene rings is 1. The Kier molecular flexibility index (Phi) is 11.3. The Morgan fingerprint density at radius 2 is 1.67 bits per heavy atom. The predicted octanol–water partition coefficient (Wildman–Crippen LogP) is 1.40. The van der Waals surface area contributed by atoms with Crippen LogP contribution in [0.3, 0.4) is 0 Å². The number of aromatic amines is 1. The van der Waals surface area contributed by atoms with Crippen molar-refractivity contribution < 1.29 is 24.3 Å². The van der Waals surface area contributed by atoms with Crippen LogP contribution in [-0.2, 0) is 25.6 Å². The van der Waals surface area contributed by atoms with Gasteiger partial charge in [-0.2, -0.15) is 11.8 Å². The lowest BCUT2D eigenvalue weighted by molar-refractivity contribution is -0.142. The van der Waals surface area contributed by atoms with Gasteiger partial charge in [-0.1, -0.05) is 32.0 Å². The van der Waals surface area contributed by atoms with Crippen molar-refractivity contribution in [3.63, 3.8) is 0 Å². The molecule has 0 radical (unpaired) electrons. The van der Waals surface area contributed by atoms with E-state index in [0.29, 0.717) is 12.2 Å². The molecule has 0 fully saturated rings. The van der Waals surface area contributed by atoms with E-state index >= 15 is 0 Å². The van der Waals surface area contributed by atoms with Gasteiger partial charge < -0.3 is 31.8 Å². The zero-order valence-corrected chi connectivity index (χ0v) is 22.0. The van der Waals surface area contributed by atoms with Crippen molar-refractivity contribution >= 4 is 46.4 Å². The van der Waals surface area contributed by atoms with Gasteiger partial charge in [-0.15, -0.1) is 0 Å². The summed E-state index contributed by atoms with van der Waals surface area (Å²) in [6.45, 7) is 5.18. The number of rotatable bonds is 14. The molecule has 0 spiro atoms. The second-order valence-corrected chi connectivity index (χ2v) is 10.3. The van der Waals surface area contributed by atoms with Crippen molar-refractivity contribution in [1.82, 2.24) is 20.9 Å². The minimum atomic E-state index is -1.14. The minimum absolute atomic E-state index is 0.0578. The number of para-hydroxylation sites is 1. The molecule has 1 aromatic carbocycles. The van der Waals surface area contributed by atoms with Gasteiger partial charge >= 0.3 is 5.97 Å². The third-order valence-corrected chi connectivity index (χ3v) is 6.42. The zero-order chi connectivity index (χ0) is 26.8. The van der Waals surface area contributed by atoms with Crippen LogP contribution in [0.4, 0.5) is 0 Å². The highest BCUT2D eigenvalue weighted by Crippen LogP contribution is 2.19. The van der Waals surface area contributed by atoms with E-state index in [9.17, 15) is 24.3 Å². The standard InChI is InChI=1S/C25H37N5O5S/c1-14(2)11-21(25(34)35)30-22(31)15(3)28-24(33)20(29-23(32)18(26)9-10-36-4)12-16-13-27-19-8-6-5-7-17(16)19/h5-8,13-15,18,20-21,27H,9-12,26H2,1-4H3,(H,28,33)(H,29,32)(H,30,31)(H,34,35). The molecule has 0 aliphatic heterocycles. The van der Waals surface area contributed by atoms with Crippen molar-refractivity contribution in [2.24, 2.45) is 11.7 Å². The first-order valence-electron chi connectivity index (χ1n) is 12.0. The number of aliphatic carboxylic acids is 1. The Bertz CT molecular complexity index is 1060. The van der Waals surface area contributed by atoms with Crippen LogP contribution in [-0.4, -0.2) is 70.0 Å². The van der Waals surface area contributed by atoms with Gasteiger partial charge in [0.05, 0.1) is 6.04 Å². The number of H-pyrrole nitrogens is 1. The fourth-order valence-corrected chi connectivity index (χ4v) is 4.24. The van der Waals surface area contributed by atoms with Gasteiger partial charge in [0.15, 0.2) is 0 Å². The maximum Gasteiger partial charge on any atom is 0.326 e. The van der Waals surface area contributed by atoms with Crippen LogP contribution in [0.2, 0.25) is 0 Å². The summed E-state index contributed by atoms with van der Waals surface area (Å²) in [4.78, 5) is 53.2. The molecule has 1 aromatic heterocycles. The number of carboxylic acid groups (broad SMARTS) is 1. The first-order valence-corrected chi connectivity index (χ1v) is 13.4. The van der Waals surface area contributed by atoms with E-state index in [1.807, 2.05) is 44.4 Å². The van der Waals surface area contributed by atoms with Crippen molar-refractivity contribution in [1.29, 1.82) is 0 Å². The first-order chi connectivity index (χ1) is 17.0. The summed E-state index contributed by atoms with van der Waals surface area (Å²) in [7, 11) is 0. The van der Waals surface area contributed by atoms with E-state index in [-0.39, 0.29) is 18.8 Å². The van der Waals surface area contributed by atoms with Crippen LogP contribution < -0.4 is 21.7 Å². The largest absolute Gasteiger partial charge is 0.480 e. The van der Waals surface area contributed by atoms with Gasteiger partial charge in [-0.05, 0) is 49.3 Å². The smallest absolute Gasteiger partial charge is 0.326 e. The van der Waals surface area contributed by atoms with E-state index < -0.39 is 47.9 Å². The van der Waals surface area contributed by atoms with Gasteiger partial charge in [-0.3, -0.25) is 14.4 Å². The number of carbonyl (C=O) groups is 4. The lowest BCUT2D eigenvalue weighted by Crippen LogP contribution is -2.57. The fraction of sp³-hybridized carbons (Fsp3) is 0.520. The molecule has 11 heteroatoms. The molecule has 0 saturated carbocycles. The molecule has 0 saturated heterocycles. The molecule has 0 bridgehead atoms. The van der Waals surface area contributed by atoms with Crippen molar-refractivity contribution in [2.75, 3.05) is 12.0 Å². The molecule has 4 unspecified atom stereocenters. The maximum atomic E-state index is 13.2. The topological polar surface area (TPSA) is 166 Å². The Morgan fingerprint density at radius 1 is 1.00 bits per heavy atom. The molecule has 10 nitrogen and oxygen atoms in total. The highest BCUT2D eigenvalue weighted by molar-refractivity contribution is 7.98. The zero-order valence-electron chi connectivity index (χ0n) is 21.2. The van der Waals surface area contributed by atoms with Gasteiger partial charge in [0.1, 0.15) is 18.1 Å². The van der Waals surface area contributed by atoms with Crippen molar-refractivity contribution in [3.05, 3.63) is 36.0 Å². The third kappa shape index (κ3) is 8.56. The van der Waals surface area contributed by atoms with Crippen LogP contribution in [0.1, 0.15) is 39.2 Å². The first kappa shape index (κ1) is 29.2. The van der Waals surface area contributed by atoms with Crippen LogP contribution in [0, 0.1) is 5.92 Å². The summed E-state index contributed by atoms with van der Waals surface area (Å²) in [6, 6.07) is 3.76. The van der Waals surface area contributed by atoms with Crippen LogP contribution >= 0.6 is 11.8 Å². The van der Waals surface area contributed by atoms with Gasteiger partial charge in [-0.25, -0.2) is 4.79 Å². The number of hydrogen-bond donors (Lipinski definition) is 6. The Balaban J connectivity index is 2.16. The van der Waals surface area contributed by atoms with Gasteiger partial charge in [0, 0.05) is 23.5 Å². The Morgan fingerprint density at radius 3 is 2.31 bits per heavy atom. The lowest BCUT2D eigenvalue weighted by atomic mass is 10.0. The van der Waals surface area contributed by atoms with E-state index in [1.54, 1.807) is 18.0 Å². The lowest BCUT2D eigenvalue weighted by Gasteiger charge is -2.24. The Hall–Kier alpha value is -3.05. The molecule has 0 aliphatic carbocycles. The minimum Gasteiger partial charge on any atom is -0.480 e. The molecule has 36 heavy (non-hydrogen) atoms. The molecule has 0 aliphatic rings. The second-order valence-electron chi connectivity index (χ2n) is 9.27. The Labute approximate surface area is 215 Å². The summed E-state index contributed by atoms with van der Waals surface area (Å²) in [5.74, 6) is -2.02. The van der Waals surface area contributed by atoms with Crippen LogP contribution in [0.15, 0.2) is 30.5 Å². The third-order valence-electron chi connectivity index (χ3n) is 5.78. The normalized spacial score (nSPS) is 14.6. The quantitative estimate of drug-likeness (QED) is 0.219. The summed E-state index contributed by atoms with van der Waals surface area (Å²) in [5, 5.41) is 18.1. The number of thioether (sulfide) groups is 1. The van der Waals surface area contributed by atoms with E-state index in [2.05, 4.69) is 20.9 Å². The number of nitrogens with one attached hydrogen (secondary N) is 4. The van der Waals surface area contributed by atoms with E-state index in [4.69, 9.17) is 5.73 Å². The maximum absolute atomic E-state index is 13.2. The number of hydrogen-bond acceptors (Lipinski definition) is 6. The number of carboxylic acids is 1. The highest BCUT2D eigenvalue weighted by Gasteiger charge is 2.29. The molecule has 1 heterocycles. The van der Waals surface area contributed by atoms with Crippen LogP contribution in [0.5, 0.6) is 0 Å². The SMILES string of the molecule is CSCCC(N)C(=O)NC(Cc1c[nH]c2ccccc12)C(=O)NC(C)C(=O)NC(CC(C)C)C(=O)O. The molecular formula is C25H37N5O5S. The van der Waals surface area contributed by atoms with Gasteiger partial charge in [0.2, 0.25) is 17.7 Å². The van der Waals surface area contributed by atoms with E-state index in [1.165, 1.54) is 6.92 Å².